The van der Waals surface area contributed by atoms with Gasteiger partial charge in [0.2, 0.25) is 0 Å². The number of amides is 1. The molecule has 1 amide bonds. The molecule has 1 aliphatic heterocycles. The van der Waals surface area contributed by atoms with Gasteiger partial charge in [-0.05, 0) is 61.7 Å². The number of rotatable bonds is 5. The Kier molecular flexibility index (Phi) is 6.01. The standard InChI is InChI=1S/C21H25ClN2O3S/c1-4-23(5-2)20-9-8-18(28(3,26)27)13-19(20)21(25)24-11-10-15-12-17(22)7-6-16(15)14-24/h6-9,12-13H,4-5,10-11,14H2,1-3H3. The van der Waals surface area contributed by atoms with Crippen LogP contribution >= 0.6 is 11.6 Å². The second kappa shape index (κ2) is 8.13. The van der Waals surface area contributed by atoms with Crippen molar-refractivity contribution in [3.05, 3.63) is 58.1 Å². The molecule has 0 radical (unpaired) electrons. The highest BCUT2D eigenvalue weighted by Gasteiger charge is 2.26. The van der Waals surface area contributed by atoms with E-state index in [1.54, 1.807) is 17.0 Å². The molecule has 0 saturated carbocycles. The van der Waals surface area contributed by atoms with Crippen LogP contribution < -0.4 is 4.90 Å². The molecular weight excluding hydrogens is 396 g/mol. The van der Waals surface area contributed by atoms with Crippen LogP contribution in [0.4, 0.5) is 5.69 Å². The van der Waals surface area contributed by atoms with E-state index in [-0.39, 0.29) is 10.8 Å². The molecule has 0 aliphatic carbocycles. The Morgan fingerprint density at radius 1 is 1.11 bits per heavy atom. The van der Waals surface area contributed by atoms with Gasteiger partial charge in [0.1, 0.15) is 0 Å². The molecule has 7 heteroatoms. The van der Waals surface area contributed by atoms with E-state index in [1.165, 1.54) is 6.07 Å². The molecule has 0 spiro atoms. The minimum Gasteiger partial charge on any atom is -0.371 e. The molecule has 5 nitrogen and oxygen atoms in total. The number of benzene rings is 2. The summed E-state index contributed by atoms with van der Waals surface area (Å²) in [5.74, 6) is -0.145. The van der Waals surface area contributed by atoms with Gasteiger partial charge in [0.05, 0.1) is 10.5 Å². The maximum Gasteiger partial charge on any atom is 0.256 e. The predicted molar refractivity (Wildman–Crippen MR) is 113 cm³/mol. The van der Waals surface area contributed by atoms with E-state index in [9.17, 15) is 13.2 Å². The topological polar surface area (TPSA) is 57.7 Å². The number of hydrogen-bond acceptors (Lipinski definition) is 4. The fourth-order valence-corrected chi connectivity index (χ4v) is 4.46. The van der Waals surface area contributed by atoms with Crippen LogP contribution in [-0.2, 0) is 22.8 Å². The molecule has 0 unspecified atom stereocenters. The van der Waals surface area contributed by atoms with Crippen LogP contribution in [0.15, 0.2) is 41.3 Å². The molecule has 3 rings (SSSR count). The zero-order valence-corrected chi connectivity index (χ0v) is 18.0. The SMILES string of the molecule is CCN(CC)c1ccc(S(C)(=O)=O)cc1C(=O)N1CCc2cc(Cl)ccc2C1. The van der Waals surface area contributed by atoms with Gasteiger partial charge in [0, 0.05) is 43.1 Å². The average molecular weight is 421 g/mol. The van der Waals surface area contributed by atoms with Gasteiger partial charge in [-0.2, -0.15) is 0 Å². The summed E-state index contributed by atoms with van der Waals surface area (Å²) in [7, 11) is -3.40. The molecule has 0 atom stereocenters. The molecular formula is C21H25ClN2O3S. The fraction of sp³-hybridized carbons (Fsp3) is 0.381. The molecule has 1 aliphatic rings. The Labute approximate surface area is 171 Å². The molecule has 0 saturated heterocycles. The third kappa shape index (κ3) is 4.18. The summed E-state index contributed by atoms with van der Waals surface area (Å²) in [6.07, 6.45) is 1.89. The lowest BCUT2D eigenvalue weighted by molar-refractivity contribution is 0.0735. The second-order valence-corrected chi connectivity index (χ2v) is 9.47. The molecule has 28 heavy (non-hydrogen) atoms. The van der Waals surface area contributed by atoms with Crippen molar-refractivity contribution in [2.24, 2.45) is 0 Å². The highest BCUT2D eigenvalue weighted by molar-refractivity contribution is 7.90. The highest BCUT2D eigenvalue weighted by Crippen LogP contribution is 2.29. The quantitative estimate of drug-likeness (QED) is 0.738. The summed E-state index contributed by atoms with van der Waals surface area (Å²) in [4.78, 5) is 17.4. The highest BCUT2D eigenvalue weighted by atomic mass is 35.5. The number of fused-ring (bicyclic) bond motifs is 1. The van der Waals surface area contributed by atoms with E-state index in [0.717, 1.165) is 42.6 Å². The number of hydrogen-bond donors (Lipinski definition) is 0. The maximum atomic E-state index is 13.4. The van der Waals surface area contributed by atoms with Gasteiger partial charge in [-0.25, -0.2) is 8.42 Å². The van der Waals surface area contributed by atoms with E-state index in [2.05, 4.69) is 4.90 Å². The summed E-state index contributed by atoms with van der Waals surface area (Å²) in [6, 6.07) is 10.6. The monoisotopic (exact) mass is 420 g/mol. The molecule has 0 fully saturated rings. The number of carbonyl (C=O) groups excluding carboxylic acids is 1. The number of anilines is 1. The molecule has 0 aromatic heterocycles. The van der Waals surface area contributed by atoms with Crippen molar-refractivity contribution in [2.75, 3.05) is 30.8 Å². The predicted octanol–water partition coefficient (Wildman–Crippen LogP) is 3.79. The van der Waals surface area contributed by atoms with Gasteiger partial charge < -0.3 is 9.80 Å². The number of sulfone groups is 1. The number of nitrogens with zero attached hydrogens (tertiary/aromatic N) is 2. The third-order valence-electron chi connectivity index (χ3n) is 5.20. The Hall–Kier alpha value is -2.05. The Morgan fingerprint density at radius 3 is 2.46 bits per heavy atom. The number of halogens is 1. The number of carbonyl (C=O) groups is 1. The Balaban J connectivity index is 2.00. The van der Waals surface area contributed by atoms with Crippen molar-refractivity contribution in [1.29, 1.82) is 0 Å². The normalized spacial score (nSPS) is 13.9. The molecule has 2 aromatic carbocycles. The van der Waals surface area contributed by atoms with E-state index < -0.39 is 9.84 Å². The molecule has 0 N–H and O–H groups in total. The first-order valence-electron chi connectivity index (χ1n) is 9.40. The zero-order chi connectivity index (χ0) is 20.5. The zero-order valence-electron chi connectivity index (χ0n) is 16.4. The largest absolute Gasteiger partial charge is 0.371 e. The minimum absolute atomic E-state index is 0.145. The van der Waals surface area contributed by atoms with Crippen LogP contribution in [0.1, 0.15) is 35.3 Å². The molecule has 1 heterocycles. The van der Waals surface area contributed by atoms with E-state index in [0.29, 0.717) is 23.7 Å². The maximum absolute atomic E-state index is 13.4. The van der Waals surface area contributed by atoms with Crippen LogP contribution in [0.3, 0.4) is 0 Å². The van der Waals surface area contributed by atoms with Crippen LogP contribution in [-0.4, -0.2) is 45.1 Å². The van der Waals surface area contributed by atoms with Gasteiger partial charge in [0.15, 0.2) is 9.84 Å². The van der Waals surface area contributed by atoms with Crippen LogP contribution in [0.2, 0.25) is 5.02 Å². The minimum atomic E-state index is -3.40. The molecule has 0 bridgehead atoms. The van der Waals surface area contributed by atoms with Gasteiger partial charge in [-0.1, -0.05) is 17.7 Å². The first kappa shape index (κ1) is 20.7. The third-order valence-corrected chi connectivity index (χ3v) is 6.54. The second-order valence-electron chi connectivity index (χ2n) is 7.01. The van der Waals surface area contributed by atoms with Crippen molar-refractivity contribution < 1.29 is 13.2 Å². The van der Waals surface area contributed by atoms with Crippen molar-refractivity contribution >= 4 is 33.0 Å². The fourth-order valence-electron chi connectivity index (χ4n) is 3.62. The lowest BCUT2D eigenvalue weighted by Crippen LogP contribution is -2.37. The lowest BCUT2D eigenvalue weighted by atomic mass is 9.99. The summed E-state index contributed by atoms with van der Waals surface area (Å²) >= 11 is 6.08. The lowest BCUT2D eigenvalue weighted by Gasteiger charge is -2.31. The summed E-state index contributed by atoms with van der Waals surface area (Å²) in [5, 5.41) is 0.697. The summed E-state index contributed by atoms with van der Waals surface area (Å²) < 4.78 is 24.1. The van der Waals surface area contributed by atoms with Crippen LogP contribution in [0.5, 0.6) is 0 Å². The average Bonchev–Trinajstić information content (AvgIpc) is 2.67. The van der Waals surface area contributed by atoms with Gasteiger partial charge >= 0.3 is 0 Å². The van der Waals surface area contributed by atoms with Crippen molar-refractivity contribution in [2.45, 2.75) is 31.7 Å². The summed E-state index contributed by atoms with van der Waals surface area (Å²) in [5.41, 5.74) is 3.44. The van der Waals surface area contributed by atoms with Crippen LogP contribution in [0.25, 0.3) is 0 Å². The first-order valence-corrected chi connectivity index (χ1v) is 11.7. The Bertz CT molecular complexity index is 1000. The van der Waals surface area contributed by atoms with E-state index in [1.807, 2.05) is 32.0 Å². The first-order chi connectivity index (χ1) is 13.2. The molecule has 150 valence electrons. The summed E-state index contributed by atoms with van der Waals surface area (Å²) in [6.45, 7) is 6.57. The Morgan fingerprint density at radius 2 is 1.82 bits per heavy atom. The smallest absolute Gasteiger partial charge is 0.256 e. The van der Waals surface area contributed by atoms with Crippen LogP contribution in [0, 0.1) is 0 Å². The van der Waals surface area contributed by atoms with Crippen molar-refractivity contribution in [3.63, 3.8) is 0 Å². The van der Waals surface area contributed by atoms with E-state index in [4.69, 9.17) is 11.6 Å². The van der Waals surface area contributed by atoms with E-state index >= 15 is 0 Å². The van der Waals surface area contributed by atoms with Crippen molar-refractivity contribution in [3.8, 4) is 0 Å². The van der Waals surface area contributed by atoms with Gasteiger partial charge in [-0.3, -0.25) is 4.79 Å². The van der Waals surface area contributed by atoms with Gasteiger partial charge in [0.25, 0.3) is 5.91 Å². The molecule has 2 aromatic rings. The van der Waals surface area contributed by atoms with Gasteiger partial charge in [-0.15, -0.1) is 0 Å². The van der Waals surface area contributed by atoms with Crippen molar-refractivity contribution in [1.82, 2.24) is 4.90 Å².